The summed E-state index contributed by atoms with van der Waals surface area (Å²) in [4.78, 5) is 31.9. The van der Waals surface area contributed by atoms with Gasteiger partial charge in [0.1, 0.15) is 16.7 Å². The van der Waals surface area contributed by atoms with Crippen LogP contribution in [-0.4, -0.2) is 54.9 Å². The van der Waals surface area contributed by atoms with Gasteiger partial charge in [0.05, 0.1) is 0 Å². The van der Waals surface area contributed by atoms with Gasteiger partial charge in [0.15, 0.2) is 5.13 Å². The number of carbonyl (C=O) groups is 2. The van der Waals surface area contributed by atoms with Crippen LogP contribution in [0.2, 0.25) is 0 Å². The van der Waals surface area contributed by atoms with Crippen LogP contribution >= 0.6 is 11.3 Å². The lowest BCUT2D eigenvalue weighted by atomic mass is 10.2. The smallest absolute Gasteiger partial charge is 0.268 e. The fraction of sp³-hybridized carbons (Fsp3) is 0.545. The molecular formula is C11H17N5O2S. The van der Waals surface area contributed by atoms with E-state index in [1.807, 2.05) is 14.1 Å². The molecule has 1 aliphatic heterocycles. The zero-order valence-corrected chi connectivity index (χ0v) is 12.0. The van der Waals surface area contributed by atoms with E-state index in [-0.39, 0.29) is 17.6 Å². The van der Waals surface area contributed by atoms with E-state index in [1.165, 1.54) is 16.2 Å². The topological polar surface area (TPSA) is 91.6 Å². The third-order valence-electron chi connectivity index (χ3n) is 2.98. The summed E-state index contributed by atoms with van der Waals surface area (Å²) >= 11 is 1.24. The Morgan fingerprint density at radius 3 is 2.84 bits per heavy atom. The second kappa shape index (κ2) is 5.04. The Hall–Kier alpha value is -1.83. The number of carbonyl (C=O) groups excluding carboxylic acids is 2. The van der Waals surface area contributed by atoms with Crippen molar-refractivity contribution in [1.29, 1.82) is 0 Å². The Labute approximate surface area is 115 Å². The Bertz CT molecular complexity index is 513. The van der Waals surface area contributed by atoms with Crippen LogP contribution in [0.3, 0.4) is 0 Å². The highest BCUT2D eigenvalue weighted by atomic mass is 32.1. The number of piperazine rings is 1. The van der Waals surface area contributed by atoms with Crippen LogP contribution < -0.4 is 16.0 Å². The number of amides is 2. The van der Waals surface area contributed by atoms with Crippen molar-refractivity contribution in [2.45, 2.75) is 13.0 Å². The zero-order chi connectivity index (χ0) is 14.2. The fourth-order valence-corrected chi connectivity index (χ4v) is 2.72. The molecule has 0 spiro atoms. The Morgan fingerprint density at radius 2 is 2.26 bits per heavy atom. The number of aromatic nitrogens is 1. The van der Waals surface area contributed by atoms with E-state index in [1.54, 1.807) is 11.8 Å². The summed E-state index contributed by atoms with van der Waals surface area (Å²) < 4.78 is 0. The summed E-state index contributed by atoms with van der Waals surface area (Å²) in [5, 5.41) is 3.40. The molecule has 3 N–H and O–H groups in total. The molecule has 0 saturated carbocycles. The standard InChI is InChI=1S/C11H17N5O2S/c1-6-9(17)13-4-5-16(6)10(18)7-8(12)14-11(19-7)15(2)3/h6H,4-5,12H2,1-3H3,(H,13,17). The summed E-state index contributed by atoms with van der Waals surface area (Å²) in [7, 11) is 3.67. The molecule has 1 aromatic heterocycles. The van der Waals surface area contributed by atoms with Crippen LogP contribution in [-0.2, 0) is 4.79 Å². The lowest BCUT2D eigenvalue weighted by molar-refractivity contribution is -0.127. The maximum Gasteiger partial charge on any atom is 0.268 e. The van der Waals surface area contributed by atoms with Gasteiger partial charge in [-0.25, -0.2) is 4.98 Å². The SMILES string of the molecule is CC1C(=O)NCCN1C(=O)c1sc(N(C)C)nc1N. The molecule has 2 amide bonds. The van der Waals surface area contributed by atoms with Crippen molar-refractivity contribution in [1.82, 2.24) is 15.2 Å². The van der Waals surface area contributed by atoms with E-state index in [4.69, 9.17) is 5.73 Å². The number of hydrogen-bond donors (Lipinski definition) is 2. The molecule has 2 heterocycles. The van der Waals surface area contributed by atoms with Gasteiger partial charge in [-0.3, -0.25) is 9.59 Å². The molecule has 0 aromatic carbocycles. The maximum atomic E-state index is 12.4. The number of hydrogen-bond acceptors (Lipinski definition) is 6. The van der Waals surface area contributed by atoms with Crippen LogP contribution in [0, 0.1) is 0 Å². The maximum absolute atomic E-state index is 12.4. The molecule has 1 saturated heterocycles. The van der Waals surface area contributed by atoms with Gasteiger partial charge >= 0.3 is 0 Å². The molecule has 7 nitrogen and oxygen atoms in total. The van der Waals surface area contributed by atoms with Crippen molar-refractivity contribution < 1.29 is 9.59 Å². The van der Waals surface area contributed by atoms with E-state index in [0.29, 0.717) is 23.1 Å². The molecule has 104 valence electrons. The van der Waals surface area contributed by atoms with E-state index in [9.17, 15) is 9.59 Å². The fourth-order valence-electron chi connectivity index (χ4n) is 1.86. The monoisotopic (exact) mass is 283 g/mol. The first-order valence-electron chi connectivity index (χ1n) is 5.94. The van der Waals surface area contributed by atoms with Crippen LogP contribution in [0.1, 0.15) is 16.6 Å². The van der Waals surface area contributed by atoms with E-state index in [0.717, 1.165) is 0 Å². The minimum Gasteiger partial charge on any atom is -0.382 e. The van der Waals surface area contributed by atoms with Crippen molar-refractivity contribution in [3.63, 3.8) is 0 Å². The molecule has 1 aromatic rings. The number of nitrogen functional groups attached to an aromatic ring is 1. The van der Waals surface area contributed by atoms with Crippen molar-refractivity contribution in [3.8, 4) is 0 Å². The number of nitrogens with one attached hydrogen (secondary N) is 1. The largest absolute Gasteiger partial charge is 0.382 e. The average molecular weight is 283 g/mol. The first-order chi connectivity index (χ1) is 8.91. The first kappa shape index (κ1) is 13.6. The van der Waals surface area contributed by atoms with E-state index in [2.05, 4.69) is 10.3 Å². The Morgan fingerprint density at radius 1 is 1.58 bits per heavy atom. The normalized spacial score (nSPS) is 19.2. The van der Waals surface area contributed by atoms with Gasteiger partial charge in [-0.1, -0.05) is 11.3 Å². The number of nitrogens with zero attached hydrogens (tertiary/aromatic N) is 3. The predicted molar refractivity (Wildman–Crippen MR) is 74.4 cm³/mol. The Balaban J connectivity index is 2.26. The molecular weight excluding hydrogens is 266 g/mol. The van der Waals surface area contributed by atoms with Crippen molar-refractivity contribution in [3.05, 3.63) is 4.88 Å². The molecule has 0 radical (unpaired) electrons. The molecule has 1 atom stereocenters. The van der Waals surface area contributed by atoms with Gasteiger partial charge in [0.25, 0.3) is 5.91 Å². The summed E-state index contributed by atoms with van der Waals surface area (Å²) in [6, 6.07) is -0.481. The first-order valence-corrected chi connectivity index (χ1v) is 6.75. The second-order valence-electron chi connectivity index (χ2n) is 4.57. The summed E-state index contributed by atoms with van der Waals surface area (Å²) in [5.41, 5.74) is 5.79. The number of rotatable bonds is 2. The highest BCUT2D eigenvalue weighted by Gasteiger charge is 2.32. The van der Waals surface area contributed by atoms with E-state index < -0.39 is 6.04 Å². The lowest BCUT2D eigenvalue weighted by Gasteiger charge is -2.32. The van der Waals surface area contributed by atoms with Crippen LogP contribution in [0.4, 0.5) is 10.9 Å². The minimum absolute atomic E-state index is 0.143. The van der Waals surface area contributed by atoms with Gasteiger partial charge in [0, 0.05) is 27.2 Å². The molecule has 1 fully saturated rings. The van der Waals surface area contributed by atoms with Crippen LogP contribution in [0.15, 0.2) is 0 Å². The number of anilines is 2. The van der Waals surface area contributed by atoms with Gasteiger partial charge in [-0.2, -0.15) is 0 Å². The molecule has 2 rings (SSSR count). The third kappa shape index (κ3) is 2.48. The summed E-state index contributed by atoms with van der Waals surface area (Å²) in [5.74, 6) is -0.155. The van der Waals surface area contributed by atoms with Gasteiger partial charge in [-0.15, -0.1) is 0 Å². The predicted octanol–water partition coefficient (Wildman–Crippen LogP) is -0.248. The molecule has 1 aliphatic rings. The molecule has 8 heteroatoms. The third-order valence-corrected chi connectivity index (χ3v) is 4.21. The van der Waals surface area contributed by atoms with E-state index >= 15 is 0 Å². The molecule has 0 aliphatic carbocycles. The zero-order valence-electron chi connectivity index (χ0n) is 11.1. The molecule has 0 bridgehead atoms. The minimum atomic E-state index is -0.481. The highest BCUT2D eigenvalue weighted by Crippen LogP contribution is 2.28. The van der Waals surface area contributed by atoms with Crippen molar-refractivity contribution >= 4 is 34.1 Å². The second-order valence-corrected chi connectivity index (χ2v) is 5.55. The van der Waals surface area contributed by atoms with Crippen LogP contribution in [0.5, 0.6) is 0 Å². The van der Waals surface area contributed by atoms with Crippen molar-refractivity contribution in [2.75, 3.05) is 37.8 Å². The Kier molecular flexibility index (Phi) is 3.61. The highest BCUT2D eigenvalue weighted by molar-refractivity contribution is 7.18. The summed E-state index contributed by atoms with van der Waals surface area (Å²) in [6.07, 6.45) is 0. The number of nitrogens with two attached hydrogens (primary N) is 1. The summed E-state index contributed by atoms with van der Waals surface area (Å²) in [6.45, 7) is 2.66. The average Bonchev–Trinajstić information content (AvgIpc) is 2.74. The number of thiazole rings is 1. The quantitative estimate of drug-likeness (QED) is 0.781. The van der Waals surface area contributed by atoms with Gasteiger partial charge in [0.2, 0.25) is 5.91 Å². The lowest BCUT2D eigenvalue weighted by Crippen LogP contribution is -2.55. The van der Waals surface area contributed by atoms with Crippen molar-refractivity contribution in [2.24, 2.45) is 0 Å². The van der Waals surface area contributed by atoms with Crippen LogP contribution in [0.25, 0.3) is 0 Å². The van der Waals surface area contributed by atoms with Gasteiger partial charge in [-0.05, 0) is 6.92 Å². The molecule has 1 unspecified atom stereocenters. The molecule has 19 heavy (non-hydrogen) atoms. The van der Waals surface area contributed by atoms with Gasteiger partial charge < -0.3 is 20.9 Å².